The predicted molar refractivity (Wildman–Crippen MR) is 87.2 cm³/mol. The Morgan fingerprint density at radius 1 is 1.14 bits per heavy atom. The average molecular weight is 361 g/mol. The molecule has 0 saturated carbocycles. The van der Waals surface area contributed by atoms with E-state index in [1.807, 2.05) is 12.1 Å². The third-order valence-electron chi connectivity index (χ3n) is 2.84. The van der Waals surface area contributed by atoms with Crippen molar-refractivity contribution in [1.82, 2.24) is 0 Å². The number of benzene rings is 2. The fraction of sp³-hybridized carbons (Fsp3) is 0.0588. The lowest BCUT2D eigenvalue weighted by Crippen LogP contribution is -2.05. The highest BCUT2D eigenvalue weighted by Crippen LogP contribution is 2.22. The van der Waals surface area contributed by atoms with Gasteiger partial charge in [-0.1, -0.05) is 28.1 Å². The van der Waals surface area contributed by atoms with Gasteiger partial charge in [-0.25, -0.2) is 4.79 Å². The average Bonchev–Trinajstić information content (AvgIpc) is 2.55. The van der Waals surface area contributed by atoms with E-state index in [0.29, 0.717) is 11.8 Å². The number of esters is 1. The SMILES string of the molecule is COc1ccc(C=CC(=O)Oc2ccc(Br)cc2C=O)cc1. The zero-order valence-electron chi connectivity index (χ0n) is 11.8. The molecule has 0 fully saturated rings. The Bertz CT molecular complexity index is 705. The first-order valence-corrected chi connectivity index (χ1v) is 7.20. The molecule has 0 aromatic heterocycles. The van der Waals surface area contributed by atoms with Crippen LogP contribution in [0.3, 0.4) is 0 Å². The van der Waals surface area contributed by atoms with Crippen molar-refractivity contribution in [2.45, 2.75) is 0 Å². The van der Waals surface area contributed by atoms with E-state index >= 15 is 0 Å². The molecule has 2 aromatic rings. The zero-order chi connectivity index (χ0) is 15.9. The fourth-order valence-corrected chi connectivity index (χ4v) is 2.10. The van der Waals surface area contributed by atoms with Gasteiger partial charge in [-0.15, -0.1) is 0 Å². The van der Waals surface area contributed by atoms with Gasteiger partial charge in [-0.2, -0.15) is 0 Å². The summed E-state index contributed by atoms with van der Waals surface area (Å²) in [6.45, 7) is 0. The number of halogens is 1. The van der Waals surface area contributed by atoms with Gasteiger partial charge in [-0.05, 0) is 42.0 Å². The topological polar surface area (TPSA) is 52.6 Å². The second kappa shape index (κ2) is 7.56. The van der Waals surface area contributed by atoms with E-state index in [1.54, 1.807) is 43.5 Å². The van der Waals surface area contributed by atoms with Gasteiger partial charge in [-0.3, -0.25) is 4.79 Å². The van der Waals surface area contributed by atoms with Crippen molar-refractivity contribution in [3.8, 4) is 11.5 Å². The first-order valence-electron chi connectivity index (χ1n) is 6.41. The summed E-state index contributed by atoms with van der Waals surface area (Å²) in [6, 6.07) is 12.1. The van der Waals surface area contributed by atoms with Gasteiger partial charge in [0.25, 0.3) is 0 Å². The van der Waals surface area contributed by atoms with Gasteiger partial charge in [0.15, 0.2) is 6.29 Å². The van der Waals surface area contributed by atoms with E-state index < -0.39 is 5.97 Å². The van der Waals surface area contributed by atoms with Crippen LogP contribution in [0.5, 0.6) is 11.5 Å². The molecule has 0 spiro atoms. The largest absolute Gasteiger partial charge is 0.497 e. The van der Waals surface area contributed by atoms with E-state index in [0.717, 1.165) is 15.8 Å². The highest BCUT2D eigenvalue weighted by Gasteiger charge is 2.07. The molecular weight excluding hydrogens is 348 g/mol. The number of carbonyl (C=O) groups is 2. The minimum Gasteiger partial charge on any atom is -0.497 e. The molecule has 0 bridgehead atoms. The van der Waals surface area contributed by atoms with E-state index in [-0.39, 0.29) is 5.75 Å². The van der Waals surface area contributed by atoms with Gasteiger partial charge in [0.1, 0.15) is 11.5 Å². The van der Waals surface area contributed by atoms with Crippen LogP contribution in [-0.4, -0.2) is 19.4 Å². The zero-order valence-corrected chi connectivity index (χ0v) is 13.4. The summed E-state index contributed by atoms with van der Waals surface area (Å²) >= 11 is 3.25. The molecule has 0 aliphatic carbocycles. The molecule has 5 heteroatoms. The second-order valence-corrected chi connectivity index (χ2v) is 5.24. The standard InChI is InChI=1S/C17H13BrO4/c1-21-15-6-2-12(3-7-15)4-9-17(20)22-16-8-5-14(18)10-13(16)11-19/h2-11H,1H3. The van der Waals surface area contributed by atoms with Crippen LogP contribution in [0.15, 0.2) is 53.0 Å². The lowest BCUT2D eigenvalue weighted by Gasteiger charge is -2.04. The summed E-state index contributed by atoms with van der Waals surface area (Å²) in [5, 5.41) is 0. The molecule has 0 aliphatic rings. The molecule has 2 aromatic carbocycles. The molecule has 0 radical (unpaired) electrons. The lowest BCUT2D eigenvalue weighted by molar-refractivity contribution is -0.128. The van der Waals surface area contributed by atoms with E-state index in [4.69, 9.17) is 9.47 Å². The normalized spacial score (nSPS) is 10.5. The van der Waals surface area contributed by atoms with Crippen LogP contribution in [0.4, 0.5) is 0 Å². The Kier molecular flexibility index (Phi) is 5.49. The molecule has 2 rings (SSSR count). The highest BCUT2D eigenvalue weighted by molar-refractivity contribution is 9.10. The third-order valence-corrected chi connectivity index (χ3v) is 3.33. The lowest BCUT2D eigenvalue weighted by atomic mass is 10.2. The first-order chi connectivity index (χ1) is 10.6. The highest BCUT2D eigenvalue weighted by atomic mass is 79.9. The Hall–Kier alpha value is -2.40. The summed E-state index contributed by atoms with van der Waals surface area (Å²) < 4.78 is 11.0. The monoisotopic (exact) mass is 360 g/mol. The summed E-state index contributed by atoms with van der Waals surface area (Å²) in [5.74, 6) is 0.411. The predicted octanol–water partition coefficient (Wildman–Crippen LogP) is 3.89. The van der Waals surface area contributed by atoms with Crippen molar-refractivity contribution >= 4 is 34.3 Å². The van der Waals surface area contributed by atoms with Gasteiger partial charge >= 0.3 is 5.97 Å². The molecule has 0 saturated heterocycles. The maximum absolute atomic E-state index is 11.8. The fourth-order valence-electron chi connectivity index (χ4n) is 1.73. The summed E-state index contributed by atoms with van der Waals surface area (Å²) in [6.07, 6.45) is 3.57. The Balaban J connectivity index is 2.06. The van der Waals surface area contributed by atoms with Crippen molar-refractivity contribution in [3.63, 3.8) is 0 Å². The molecule has 0 heterocycles. The number of aldehydes is 1. The molecule has 0 amide bonds. The van der Waals surface area contributed by atoms with Crippen molar-refractivity contribution in [2.75, 3.05) is 7.11 Å². The van der Waals surface area contributed by atoms with Crippen molar-refractivity contribution in [1.29, 1.82) is 0 Å². The van der Waals surface area contributed by atoms with Crippen LogP contribution >= 0.6 is 15.9 Å². The number of rotatable bonds is 5. The molecular formula is C17H13BrO4. The van der Waals surface area contributed by atoms with E-state index in [1.165, 1.54) is 6.08 Å². The van der Waals surface area contributed by atoms with Crippen LogP contribution in [0.1, 0.15) is 15.9 Å². The number of carbonyl (C=O) groups excluding carboxylic acids is 2. The molecule has 22 heavy (non-hydrogen) atoms. The Morgan fingerprint density at radius 2 is 1.86 bits per heavy atom. The van der Waals surface area contributed by atoms with Crippen LogP contribution in [0.25, 0.3) is 6.08 Å². The van der Waals surface area contributed by atoms with Crippen molar-refractivity contribution < 1.29 is 19.1 Å². The van der Waals surface area contributed by atoms with Gasteiger partial charge in [0, 0.05) is 10.5 Å². The number of hydrogen-bond acceptors (Lipinski definition) is 4. The minimum atomic E-state index is -0.554. The van der Waals surface area contributed by atoms with Crippen molar-refractivity contribution in [2.24, 2.45) is 0 Å². The molecule has 0 unspecified atom stereocenters. The number of hydrogen-bond donors (Lipinski definition) is 0. The van der Waals surface area contributed by atoms with Crippen molar-refractivity contribution in [3.05, 3.63) is 64.1 Å². The van der Waals surface area contributed by atoms with E-state index in [2.05, 4.69) is 15.9 Å². The quantitative estimate of drug-likeness (QED) is 0.351. The maximum Gasteiger partial charge on any atom is 0.336 e. The first kappa shape index (κ1) is 16.0. The number of ether oxygens (including phenoxy) is 2. The number of methoxy groups -OCH3 is 1. The summed E-state index contributed by atoms with van der Waals surface area (Å²) in [5.41, 5.74) is 1.14. The van der Waals surface area contributed by atoms with E-state index in [9.17, 15) is 9.59 Å². The maximum atomic E-state index is 11.8. The molecule has 4 nitrogen and oxygen atoms in total. The Labute approximate surface area is 136 Å². The van der Waals surface area contributed by atoms with Crippen LogP contribution in [-0.2, 0) is 4.79 Å². The van der Waals surface area contributed by atoms with Crippen LogP contribution < -0.4 is 9.47 Å². The van der Waals surface area contributed by atoms with Crippen LogP contribution in [0.2, 0.25) is 0 Å². The summed E-state index contributed by atoms with van der Waals surface area (Å²) in [7, 11) is 1.59. The van der Waals surface area contributed by atoms with Gasteiger partial charge < -0.3 is 9.47 Å². The molecule has 0 atom stereocenters. The van der Waals surface area contributed by atoms with Gasteiger partial charge in [0.2, 0.25) is 0 Å². The third kappa shape index (κ3) is 4.30. The molecule has 112 valence electrons. The molecule has 0 N–H and O–H groups in total. The smallest absolute Gasteiger partial charge is 0.336 e. The minimum absolute atomic E-state index is 0.225. The van der Waals surface area contributed by atoms with Crippen LogP contribution in [0, 0.1) is 0 Å². The Morgan fingerprint density at radius 3 is 2.50 bits per heavy atom. The second-order valence-electron chi connectivity index (χ2n) is 4.33. The van der Waals surface area contributed by atoms with Gasteiger partial charge in [0.05, 0.1) is 12.7 Å². The summed E-state index contributed by atoms with van der Waals surface area (Å²) in [4.78, 5) is 22.8. The molecule has 0 aliphatic heterocycles.